The number of benzene rings is 2. The van der Waals surface area contributed by atoms with Gasteiger partial charge in [0.2, 0.25) is 0 Å². The zero-order valence-electron chi connectivity index (χ0n) is 13.3. The van der Waals surface area contributed by atoms with Crippen molar-refractivity contribution in [3.05, 3.63) is 63.6 Å². The average molecular weight is 388 g/mol. The van der Waals surface area contributed by atoms with E-state index in [0.717, 1.165) is 17.3 Å². The largest absolute Gasteiger partial charge is 0.375 e. The molecule has 2 N–H and O–H groups in total. The number of amides is 1. The maximum absolute atomic E-state index is 12.6. The highest BCUT2D eigenvalue weighted by Gasteiger charge is 2.46. The van der Waals surface area contributed by atoms with Crippen LogP contribution in [0.4, 0.5) is 5.69 Å². The molecule has 2 aromatic rings. The minimum Gasteiger partial charge on any atom is -0.375 e. The van der Waals surface area contributed by atoms with Crippen LogP contribution in [0.5, 0.6) is 0 Å². The van der Waals surface area contributed by atoms with Gasteiger partial charge in [0, 0.05) is 21.3 Å². The molecule has 1 atom stereocenters. The molecule has 0 aromatic heterocycles. The third-order valence-electron chi connectivity index (χ3n) is 4.28. The van der Waals surface area contributed by atoms with Crippen molar-refractivity contribution in [3.63, 3.8) is 0 Å². The summed E-state index contributed by atoms with van der Waals surface area (Å²) in [6.45, 7) is 2.10. The number of aliphatic hydroxyl groups is 1. The first-order valence-electron chi connectivity index (χ1n) is 7.90. The quantitative estimate of drug-likeness (QED) is 0.766. The molecule has 0 unspecified atom stereocenters. The van der Waals surface area contributed by atoms with Gasteiger partial charge in [0.25, 0.3) is 5.91 Å². The van der Waals surface area contributed by atoms with Crippen LogP contribution in [0.1, 0.15) is 41.3 Å². The molecule has 0 spiro atoms. The number of carbonyl (C=O) groups excluding carboxylic acids is 2. The molecule has 24 heavy (non-hydrogen) atoms. The summed E-state index contributed by atoms with van der Waals surface area (Å²) in [5.41, 5.74) is 0.799. The van der Waals surface area contributed by atoms with Gasteiger partial charge in [-0.05, 0) is 30.2 Å². The highest BCUT2D eigenvalue weighted by Crippen LogP contribution is 2.40. The van der Waals surface area contributed by atoms with Crippen LogP contribution in [0, 0.1) is 0 Å². The fourth-order valence-corrected chi connectivity index (χ4v) is 3.33. The Morgan fingerprint density at radius 3 is 2.58 bits per heavy atom. The average Bonchev–Trinajstić information content (AvgIpc) is 2.79. The van der Waals surface area contributed by atoms with Crippen LogP contribution in [0.2, 0.25) is 0 Å². The fraction of sp³-hybridized carbons (Fsp3) is 0.263. The number of halogens is 1. The maximum atomic E-state index is 12.6. The first-order valence-corrected chi connectivity index (χ1v) is 8.69. The topological polar surface area (TPSA) is 66.4 Å². The van der Waals surface area contributed by atoms with Gasteiger partial charge in [-0.15, -0.1) is 0 Å². The Labute approximate surface area is 149 Å². The Kier molecular flexibility index (Phi) is 4.56. The summed E-state index contributed by atoms with van der Waals surface area (Å²) >= 11 is 3.34. The maximum Gasteiger partial charge on any atom is 0.261 e. The van der Waals surface area contributed by atoms with Gasteiger partial charge in [0.15, 0.2) is 11.4 Å². The number of nitrogens with one attached hydrogen (secondary N) is 1. The number of aryl methyl sites for hydroxylation is 1. The van der Waals surface area contributed by atoms with Gasteiger partial charge in [0.05, 0.1) is 6.42 Å². The second-order valence-corrected chi connectivity index (χ2v) is 6.97. The molecule has 1 heterocycles. The van der Waals surface area contributed by atoms with Crippen molar-refractivity contribution in [3.8, 4) is 0 Å². The number of carbonyl (C=O) groups is 2. The lowest BCUT2D eigenvalue weighted by Crippen LogP contribution is -2.36. The Balaban J connectivity index is 1.86. The van der Waals surface area contributed by atoms with Crippen molar-refractivity contribution in [1.82, 2.24) is 0 Å². The van der Waals surface area contributed by atoms with Crippen molar-refractivity contribution in [2.24, 2.45) is 0 Å². The standard InChI is InChI=1S/C19H18BrNO3/c1-2-3-12-4-6-13(7-5-12)17(22)11-19(24)15-10-14(20)8-9-16(15)21-18(19)23/h4-10,24H,2-3,11H2,1H3,(H,21,23)/t19-/m1/s1. The highest BCUT2D eigenvalue weighted by atomic mass is 79.9. The molecule has 1 aliphatic heterocycles. The molecule has 4 nitrogen and oxygen atoms in total. The molecule has 0 saturated heterocycles. The number of hydrogen-bond acceptors (Lipinski definition) is 3. The molecule has 2 aromatic carbocycles. The van der Waals surface area contributed by atoms with Crippen LogP contribution < -0.4 is 5.32 Å². The van der Waals surface area contributed by atoms with E-state index in [4.69, 9.17) is 0 Å². The zero-order chi connectivity index (χ0) is 17.3. The predicted octanol–water partition coefficient (Wildman–Crippen LogP) is 3.81. The summed E-state index contributed by atoms with van der Waals surface area (Å²) in [4.78, 5) is 24.8. The van der Waals surface area contributed by atoms with E-state index in [2.05, 4.69) is 28.2 Å². The molecule has 5 heteroatoms. The lowest BCUT2D eigenvalue weighted by Gasteiger charge is -2.20. The monoisotopic (exact) mass is 387 g/mol. The lowest BCUT2D eigenvalue weighted by atomic mass is 9.88. The predicted molar refractivity (Wildman–Crippen MR) is 96.1 cm³/mol. The van der Waals surface area contributed by atoms with Crippen molar-refractivity contribution >= 4 is 33.3 Å². The molecular formula is C19H18BrNO3. The second kappa shape index (κ2) is 6.49. The van der Waals surface area contributed by atoms with E-state index in [-0.39, 0.29) is 12.2 Å². The van der Waals surface area contributed by atoms with Gasteiger partial charge in [0.1, 0.15) is 0 Å². The van der Waals surface area contributed by atoms with Gasteiger partial charge in [-0.1, -0.05) is 53.5 Å². The zero-order valence-corrected chi connectivity index (χ0v) is 14.9. The summed E-state index contributed by atoms with van der Waals surface area (Å²) in [6.07, 6.45) is 1.72. The van der Waals surface area contributed by atoms with E-state index in [1.54, 1.807) is 30.3 Å². The third kappa shape index (κ3) is 3.01. The first kappa shape index (κ1) is 16.9. The molecular weight excluding hydrogens is 370 g/mol. The first-order chi connectivity index (χ1) is 11.4. The van der Waals surface area contributed by atoms with E-state index in [1.165, 1.54) is 5.56 Å². The normalized spacial score (nSPS) is 19.0. The Bertz CT molecular complexity index is 801. The summed E-state index contributed by atoms with van der Waals surface area (Å²) < 4.78 is 0.743. The Hall–Kier alpha value is -1.98. The van der Waals surface area contributed by atoms with Gasteiger partial charge < -0.3 is 10.4 Å². The Morgan fingerprint density at radius 2 is 1.92 bits per heavy atom. The van der Waals surface area contributed by atoms with Crippen molar-refractivity contribution in [2.45, 2.75) is 31.8 Å². The molecule has 1 aliphatic rings. The number of fused-ring (bicyclic) bond motifs is 1. The van der Waals surface area contributed by atoms with Gasteiger partial charge >= 0.3 is 0 Å². The number of ketones is 1. The molecule has 124 valence electrons. The summed E-state index contributed by atoms with van der Waals surface area (Å²) in [5, 5.41) is 13.5. The van der Waals surface area contributed by atoms with E-state index in [1.807, 2.05) is 12.1 Å². The second-order valence-electron chi connectivity index (χ2n) is 6.05. The highest BCUT2D eigenvalue weighted by molar-refractivity contribution is 9.10. The summed E-state index contributed by atoms with van der Waals surface area (Å²) in [7, 11) is 0. The van der Waals surface area contributed by atoms with E-state index in [0.29, 0.717) is 16.8 Å². The van der Waals surface area contributed by atoms with Crippen LogP contribution in [-0.2, 0) is 16.8 Å². The van der Waals surface area contributed by atoms with Crippen molar-refractivity contribution < 1.29 is 14.7 Å². The minimum absolute atomic E-state index is 0.261. The van der Waals surface area contributed by atoms with E-state index >= 15 is 0 Å². The molecule has 0 radical (unpaired) electrons. The Morgan fingerprint density at radius 1 is 1.21 bits per heavy atom. The SMILES string of the molecule is CCCc1ccc(C(=O)C[C@]2(O)C(=O)Nc3ccc(Br)cc32)cc1. The number of anilines is 1. The number of rotatable bonds is 5. The fourth-order valence-electron chi connectivity index (χ4n) is 2.97. The van der Waals surface area contributed by atoms with Gasteiger partial charge in [-0.3, -0.25) is 9.59 Å². The lowest BCUT2D eigenvalue weighted by molar-refractivity contribution is -0.133. The smallest absolute Gasteiger partial charge is 0.261 e. The molecule has 0 bridgehead atoms. The summed E-state index contributed by atoms with van der Waals surface area (Å²) in [5.74, 6) is -0.824. The third-order valence-corrected chi connectivity index (χ3v) is 4.78. The van der Waals surface area contributed by atoms with Crippen LogP contribution in [-0.4, -0.2) is 16.8 Å². The molecule has 0 aliphatic carbocycles. The molecule has 1 amide bonds. The number of Topliss-reactive ketones (excluding diaryl/α,β-unsaturated/α-hetero) is 1. The number of hydrogen-bond donors (Lipinski definition) is 2. The van der Waals surface area contributed by atoms with Crippen LogP contribution in [0.15, 0.2) is 46.9 Å². The van der Waals surface area contributed by atoms with Crippen LogP contribution in [0.25, 0.3) is 0 Å². The summed E-state index contributed by atoms with van der Waals surface area (Å²) in [6, 6.07) is 12.5. The van der Waals surface area contributed by atoms with Crippen LogP contribution >= 0.6 is 15.9 Å². The van der Waals surface area contributed by atoms with E-state index in [9.17, 15) is 14.7 Å². The minimum atomic E-state index is -1.84. The van der Waals surface area contributed by atoms with Gasteiger partial charge in [-0.25, -0.2) is 0 Å². The van der Waals surface area contributed by atoms with Crippen LogP contribution in [0.3, 0.4) is 0 Å². The molecule has 0 saturated carbocycles. The molecule has 0 fully saturated rings. The van der Waals surface area contributed by atoms with Crippen molar-refractivity contribution in [2.75, 3.05) is 5.32 Å². The van der Waals surface area contributed by atoms with Crippen molar-refractivity contribution in [1.29, 1.82) is 0 Å². The molecule has 3 rings (SSSR count). The van der Waals surface area contributed by atoms with E-state index < -0.39 is 11.5 Å². The van der Waals surface area contributed by atoms with Gasteiger partial charge in [-0.2, -0.15) is 0 Å².